The Kier molecular flexibility index (Phi) is 6.97. The number of pyridine rings is 1. The second-order valence-electron chi connectivity index (χ2n) is 1.83. The Hall–Kier alpha value is -0.780. The van der Waals surface area contributed by atoms with E-state index in [1.807, 2.05) is 19.1 Å². The van der Waals surface area contributed by atoms with Gasteiger partial charge in [-0.05, 0) is 24.6 Å². The van der Waals surface area contributed by atoms with Crippen molar-refractivity contribution in [3.63, 3.8) is 0 Å². The second-order valence-corrected chi connectivity index (χ2v) is 1.83. The minimum absolute atomic E-state index is 0. The number of hydrogen-bond acceptors (Lipinski definition) is 2. The summed E-state index contributed by atoms with van der Waals surface area (Å²) < 4.78 is 0. The van der Waals surface area contributed by atoms with Gasteiger partial charge in [0.2, 0.25) is 0 Å². The molecular formula is C7H8Cl2N2. The lowest BCUT2D eigenvalue weighted by Gasteiger charge is -1.87. The maximum atomic E-state index is 8.35. The number of aromatic nitrogens is 1. The fraction of sp³-hybridized carbons (Fsp3) is 0.143. The zero-order valence-electron chi connectivity index (χ0n) is 5.94. The molecule has 1 heterocycles. The molecular weight excluding hydrogens is 183 g/mol. The van der Waals surface area contributed by atoms with Crippen molar-refractivity contribution in [2.24, 2.45) is 0 Å². The van der Waals surface area contributed by atoms with Crippen molar-refractivity contribution in [2.75, 3.05) is 0 Å². The zero-order valence-corrected chi connectivity index (χ0v) is 7.58. The van der Waals surface area contributed by atoms with Crippen molar-refractivity contribution in [2.45, 2.75) is 6.92 Å². The number of rotatable bonds is 0. The number of halogens is 2. The fourth-order valence-electron chi connectivity index (χ4n) is 0.597. The van der Waals surface area contributed by atoms with Crippen molar-refractivity contribution in [3.05, 3.63) is 29.6 Å². The zero-order chi connectivity index (χ0) is 6.69. The first kappa shape index (κ1) is 12.9. The van der Waals surface area contributed by atoms with Gasteiger partial charge in [-0.1, -0.05) is 0 Å². The summed E-state index contributed by atoms with van der Waals surface area (Å²) in [7, 11) is 0. The van der Waals surface area contributed by atoms with Crippen LogP contribution in [0.15, 0.2) is 18.3 Å². The van der Waals surface area contributed by atoms with Crippen LogP contribution in [-0.2, 0) is 0 Å². The highest BCUT2D eigenvalue weighted by Gasteiger charge is 1.87. The standard InChI is InChI=1S/C7H6N2.2ClH/c1-6-2-3-9-7(4-6)5-8;;/h2-4H,1H3;2*1H. The molecule has 0 aliphatic rings. The molecule has 0 aromatic carbocycles. The van der Waals surface area contributed by atoms with Crippen molar-refractivity contribution >= 4 is 24.8 Å². The molecule has 1 aromatic heterocycles. The molecule has 1 rings (SSSR count). The highest BCUT2D eigenvalue weighted by atomic mass is 35.5. The van der Waals surface area contributed by atoms with Crippen LogP contribution >= 0.6 is 24.8 Å². The number of nitrogens with zero attached hydrogens (tertiary/aromatic N) is 2. The van der Waals surface area contributed by atoms with E-state index in [0.717, 1.165) is 5.56 Å². The Labute approximate surface area is 78.1 Å². The van der Waals surface area contributed by atoms with Crippen LogP contribution in [0.3, 0.4) is 0 Å². The smallest absolute Gasteiger partial charge is 0.140 e. The van der Waals surface area contributed by atoms with Gasteiger partial charge in [0.25, 0.3) is 0 Å². The third-order valence-corrected chi connectivity index (χ3v) is 1.03. The van der Waals surface area contributed by atoms with E-state index in [-0.39, 0.29) is 24.8 Å². The molecule has 0 amide bonds. The summed E-state index contributed by atoms with van der Waals surface area (Å²) in [6.07, 6.45) is 1.63. The molecule has 1 aromatic rings. The monoisotopic (exact) mass is 190 g/mol. The van der Waals surface area contributed by atoms with Gasteiger partial charge in [0.05, 0.1) is 0 Å². The lowest BCUT2D eigenvalue weighted by molar-refractivity contribution is 1.23. The third-order valence-electron chi connectivity index (χ3n) is 1.03. The summed E-state index contributed by atoms with van der Waals surface area (Å²) in [4.78, 5) is 3.80. The van der Waals surface area contributed by atoms with E-state index in [0.29, 0.717) is 5.69 Å². The maximum absolute atomic E-state index is 8.35. The molecule has 0 atom stereocenters. The Balaban J connectivity index is 0. The van der Waals surface area contributed by atoms with Crippen molar-refractivity contribution in [1.29, 1.82) is 5.26 Å². The van der Waals surface area contributed by atoms with E-state index in [2.05, 4.69) is 4.98 Å². The molecule has 0 saturated heterocycles. The van der Waals surface area contributed by atoms with Gasteiger partial charge in [0, 0.05) is 6.20 Å². The van der Waals surface area contributed by atoms with Gasteiger partial charge in [0.1, 0.15) is 11.8 Å². The highest BCUT2D eigenvalue weighted by Crippen LogP contribution is 1.96. The topological polar surface area (TPSA) is 36.7 Å². The quantitative estimate of drug-likeness (QED) is 0.629. The molecule has 0 fully saturated rings. The minimum atomic E-state index is 0. The number of nitriles is 1. The number of hydrogen-bond donors (Lipinski definition) is 0. The van der Waals surface area contributed by atoms with Crippen LogP contribution in [-0.4, -0.2) is 4.98 Å². The first-order valence-corrected chi connectivity index (χ1v) is 2.65. The lowest BCUT2D eigenvalue weighted by Crippen LogP contribution is -1.80. The van der Waals surface area contributed by atoms with Crippen LogP contribution in [0.2, 0.25) is 0 Å². The fourth-order valence-corrected chi connectivity index (χ4v) is 0.597. The summed E-state index contributed by atoms with van der Waals surface area (Å²) in [5.74, 6) is 0. The Morgan fingerprint density at radius 1 is 1.45 bits per heavy atom. The maximum Gasteiger partial charge on any atom is 0.140 e. The normalized spacial score (nSPS) is 6.91. The molecule has 0 saturated carbocycles. The molecule has 11 heavy (non-hydrogen) atoms. The van der Waals surface area contributed by atoms with Crippen molar-refractivity contribution < 1.29 is 0 Å². The largest absolute Gasteiger partial charge is 0.246 e. The first-order valence-electron chi connectivity index (χ1n) is 2.65. The van der Waals surface area contributed by atoms with Crippen molar-refractivity contribution in [1.82, 2.24) is 4.98 Å². The van der Waals surface area contributed by atoms with Crippen molar-refractivity contribution in [3.8, 4) is 6.07 Å². The molecule has 0 unspecified atom stereocenters. The summed E-state index contributed by atoms with van der Waals surface area (Å²) in [5, 5.41) is 8.35. The molecule has 0 aliphatic heterocycles. The van der Waals surface area contributed by atoms with Crippen LogP contribution in [0.25, 0.3) is 0 Å². The Bertz CT molecular complexity index is 255. The van der Waals surface area contributed by atoms with Gasteiger partial charge in [-0.15, -0.1) is 24.8 Å². The van der Waals surface area contributed by atoms with Crippen LogP contribution in [0.5, 0.6) is 0 Å². The Morgan fingerprint density at radius 3 is 2.45 bits per heavy atom. The predicted octanol–water partition coefficient (Wildman–Crippen LogP) is 2.11. The predicted molar refractivity (Wildman–Crippen MR) is 48.2 cm³/mol. The summed E-state index contributed by atoms with van der Waals surface area (Å²) in [6.45, 7) is 1.93. The molecule has 2 nitrogen and oxygen atoms in total. The van der Waals surface area contributed by atoms with Gasteiger partial charge in [0.15, 0.2) is 0 Å². The summed E-state index contributed by atoms with van der Waals surface area (Å²) >= 11 is 0. The minimum Gasteiger partial charge on any atom is -0.246 e. The first-order chi connectivity index (χ1) is 4.33. The molecule has 4 heteroatoms. The average molecular weight is 191 g/mol. The van der Waals surface area contributed by atoms with E-state index < -0.39 is 0 Å². The third kappa shape index (κ3) is 3.82. The second kappa shape index (κ2) is 5.96. The Morgan fingerprint density at radius 2 is 2.09 bits per heavy atom. The van der Waals surface area contributed by atoms with Gasteiger partial charge in [-0.25, -0.2) is 4.98 Å². The molecule has 0 N–H and O–H groups in total. The van der Waals surface area contributed by atoms with Crippen LogP contribution < -0.4 is 0 Å². The average Bonchev–Trinajstić information content (AvgIpc) is 1.88. The van der Waals surface area contributed by atoms with E-state index >= 15 is 0 Å². The summed E-state index contributed by atoms with van der Waals surface area (Å²) in [5.41, 5.74) is 1.55. The van der Waals surface area contributed by atoms with Crippen LogP contribution in [0.1, 0.15) is 11.3 Å². The van der Waals surface area contributed by atoms with Gasteiger partial charge >= 0.3 is 0 Å². The van der Waals surface area contributed by atoms with Gasteiger partial charge < -0.3 is 0 Å². The van der Waals surface area contributed by atoms with E-state index in [1.54, 1.807) is 12.3 Å². The molecule has 0 aliphatic carbocycles. The molecule has 60 valence electrons. The lowest BCUT2D eigenvalue weighted by atomic mass is 10.2. The number of aryl methyl sites for hydroxylation is 1. The van der Waals surface area contributed by atoms with Crippen LogP contribution in [0, 0.1) is 18.3 Å². The molecule has 0 spiro atoms. The van der Waals surface area contributed by atoms with E-state index in [1.165, 1.54) is 0 Å². The summed E-state index contributed by atoms with van der Waals surface area (Å²) in [6, 6.07) is 5.57. The van der Waals surface area contributed by atoms with E-state index in [4.69, 9.17) is 5.26 Å². The molecule has 0 radical (unpaired) electrons. The SMILES string of the molecule is Cc1ccnc(C#N)c1.Cl.Cl. The highest BCUT2D eigenvalue weighted by molar-refractivity contribution is 5.85. The van der Waals surface area contributed by atoms with Gasteiger partial charge in [-0.2, -0.15) is 5.26 Å². The van der Waals surface area contributed by atoms with Crippen LogP contribution in [0.4, 0.5) is 0 Å². The van der Waals surface area contributed by atoms with Gasteiger partial charge in [-0.3, -0.25) is 0 Å². The molecule has 0 bridgehead atoms. The van der Waals surface area contributed by atoms with E-state index in [9.17, 15) is 0 Å².